The molecule has 1 fully saturated rings. The predicted molar refractivity (Wildman–Crippen MR) is 67.1 cm³/mol. The molecule has 88 valence electrons. The summed E-state index contributed by atoms with van der Waals surface area (Å²) in [6.07, 6.45) is 6.48. The summed E-state index contributed by atoms with van der Waals surface area (Å²) < 4.78 is 5.64. The Balaban J connectivity index is 1.79. The van der Waals surface area contributed by atoms with Crippen molar-refractivity contribution in [3.8, 4) is 0 Å². The molecule has 0 saturated carbocycles. The highest BCUT2D eigenvalue weighted by Crippen LogP contribution is 2.33. The van der Waals surface area contributed by atoms with Crippen LogP contribution in [0.1, 0.15) is 40.6 Å². The van der Waals surface area contributed by atoms with Crippen LogP contribution in [0.25, 0.3) is 0 Å². The van der Waals surface area contributed by atoms with Gasteiger partial charge in [0.1, 0.15) is 0 Å². The number of ether oxygens (including phenoxy) is 1. The first kappa shape index (κ1) is 10.8. The third-order valence-corrected chi connectivity index (χ3v) is 4.85. The Hall–Kier alpha value is -0.380. The van der Waals surface area contributed by atoms with E-state index in [0.717, 1.165) is 26.2 Å². The minimum Gasteiger partial charge on any atom is -0.379 e. The average Bonchev–Trinajstić information content (AvgIpc) is 2.56. The van der Waals surface area contributed by atoms with Crippen LogP contribution in [-0.2, 0) is 17.6 Å². The van der Waals surface area contributed by atoms with Gasteiger partial charge in [-0.3, -0.25) is 0 Å². The Morgan fingerprint density at radius 2 is 2.19 bits per heavy atom. The zero-order valence-electron chi connectivity index (χ0n) is 9.63. The topological polar surface area (TPSA) is 21.3 Å². The third kappa shape index (κ3) is 2.17. The van der Waals surface area contributed by atoms with E-state index in [4.69, 9.17) is 4.74 Å². The van der Waals surface area contributed by atoms with Crippen LogP contribution in [0.4, 0.5) is 0 Å². The van der Waals surface area contributed by atoms with Crippen molar-refractivity contribution in [1.82, 2.24) is 5.32 Å². The first-order chi connectivity index (χ1) is 7.93. The van der Waals surface area contributed by atoms with E-state index in [0.29, 0.717) is 6.04 Å². The van der Waals surface area contributed by atoms with Crippen LogP contribution in [0.15, 0.2) is 6.07 Å². The Morgan fingerprint density at radius 1 is 1.25 bits per heavy atom. The number of hydrogen-bond acceptors (Lipinski definition) is 3. The zero-order valence-corrected chi connectivity index (χ0v) is 10.4. The van der Waals surface area contributed by atoms with E-state index in [2.05, 4.69) is 11.4 Å². The second-order valence-corrected chi connectivity index (χ2v) is 5.91. The van der Waals surface area contributed by atoms with Crippen molar-refractivity contribution >= 4 is 11.3 Å². The lowest BCUT2D eigenvalue weighted by Crippen LogP contribution is -2.22. The van der Waals surface area contributed by atoms with E-state index >= 15 is 0 Å². The first-order valence-corrected chi connectivity index (χ1v) is 7.18. The van der Waals surface area contributed by atoms with Crippen molar-refractivity contribution in [1.29, 1.82) is 0 Å². The molecule has 2 aliphatic rings. The van der Waals surface area contributed by atoms with Gasteiger partial charge < -0.3 is 10.1 Å². The van der Waals surface area contributed by atoms with Gasteiger partial charge in [-0.05, 0) is 50.3 Å². The number of hydrogen-bond donors (Lipinski definition) is 1. The summed E-state index contributed by atoms with van der Waals surface area (Å²) in [7, 11) is 0. The SMILES string of the molecule is c1c(C2COCCCN2)sc2c1CCCC2. The zero-order chi connectivity index (χ0) is 10.8. The Kier molecular flexibility index (Phi) is 3.27. The normalized spacial score (nSPS) is 26.1. The molecule has 2 nitrogen and oxygen atoms in total. The van der Waals surface area contributed by atoms with Crippen LogP contribution in [0.5, 0.6) is 0 Å². The molecule has 0 bridgehead atoms. The molecule has 0 radical (unpaired) electrons. The monoisotopic (exact) mass is 237 g/mol. The molecule has 2 heterocycles. The van der Waals surface area contributed by atoms with Crippen LogP contribution in [0.2, 0.25) is 0 Å². The largest absolute Gasteiger partial charge is 0.379 e. The summed E-state index contributed by atoms with van der Waals surface area (Å²) >= 11 is 2.01. The first-order valence-electron chi connectivity index (χ1n) is 6.36. The summed E-state index contributed by atoms with van der Waals surface area (Å²) in [5.74, 6) is 0. The molecular formula is C13H19NOS. The van der Waals surface area contributed by atoms with E-state index < -0.39 is 0 Å². The van der Waals surface area contributed by atoms with E-state index in [1.165, 1.54) is 30.6 Å². The van der Waals surface area contributed by atoms with Gasteiger partial charge in [-0.15, -0.1) is 11.3 Å². The number of nitrogens with one attached hydrogen (secondary N) is 1. The fourth-order valence-corrected chi connectivity index (χ4v) is 3.90. The van der Waals surface area contributed by atoms with Crippen molar-refractivity contribution in [2.45, 2.75) is 38.1 Å². The highest BCUT2D eigenvalue weighted by molar-refractivity contribution is 7.12. The van der Waals surface area contributed by atoms with Gasteiger partial charge in [-0.25, -0.2) is 0 Å². The van der Waals surface area contributed by atoms with Crippen LogP contribution < -0.4 is 5.32 Å². The van der Waals surface area contributed by atoms with E-state index in [1.54, 1.807) is 10.4 Å². The average molecular weight is 237 g/mol. The number of aryl methyl sites for hydroxylation is 2. The van der Waals surface area contributed by atoms with Gasteiger partial charge in [-0.1, -0.05) is 0 Å². The van der Waals surface area contributed by atoms with Crippen LogP contribution in [0, 0.1) is 0 Å². The molecule has 1 atom stereocenters. The van der Waals surface area contributed by atoms with Gasteiger partial charge in [0.25, 0.3) is 0 Å². The summed E-state index contributed by atoms with van der Waals surface area (Å²) in [6, 6.07) is 2.86. The second-order valence-electron chi connectivity index (χ2n) is 4.74. The van der Waals surface area contributed by atoms with Crippen LogP contribution >= 0.6 is 11.3 Å². The molecule has 3 rings (SSSR count). The van der Waals surface area contributed by atoms with Crippen molar-refractivity contribution in [3.63, 3.8) is 0 Å². The van der Waals surface area contributed by atoms with Gasteiger partial charge in [0.05, 0.1) is 12.6 Å². The van der Waals surface area contributed by atoms with Crippen molar-refractivity contribution in [2.75, 3.05) is 19.8 Å². The molecule has 0 aromatic carbocycles. The van der Waals surface area contributed by atoms with Gasteiger partial charge in [0.15, 0.2) is 0 Å². The van der Waals surface area contributed by atoms with Gasteiger partial charge in [-0.2, -0.15) is 0 Å². The predicted octanol–water partition coefficient (Wildman–Crippen LogP) is 2.68. The summed E-state index contributed by atoms with van der Waals surface area (Å²) in [5.41, 5.74) is 1.61. The molecule has 1 aliphatic carbocycles. The fraction of sp³-hybridized carbons (Fsp3) is 0.692. The number of fused-ring (bicyclic) bond motifs is 1. The standard InChI is InChI=1S/C13H19NOS/c1-2-5-12-10(4-1)8-13(16-12)11-9-15-7-3-6-14-11/h8,11,14H,1-7,9H2. The fourth-order valence-electron chi connectivity index (χ4n) is 2.58. The molecule has 1 aromatic heterocycles. The molecule has 16 heavy (non-hydrogen) atoms. The third-order valence-electron chi connectivity index (χ3n) is 3.50. The molecule has 0 spiro atoms. The lowest BCUT2D eigenvalue weighted by Gasteiger charge is -2.12. The smallest absolute Gasteiger partial charge is 0.0669 e. The van der Waals surface area contributed by atoms with E-state index in [1.807, 2.05) is 11.3 Å². The maximum atomic E-state index is 5.64. The Bertz CT molecular complexity index is 329. The highest BCUT2D eigenvalue weighted by Gasteiger charge is 2.20. The molecule has 1 aromatic rings. The lowest BCUT2D eigenvalue weighted by molar-refractivity contribution is 0.132. The Morgan fingerprint density at radius 3 is 3.12 bits per heavy atom. The number of rotatable bonds is 1. The molecule has 1 unspecified atom stereocenters. The lowest BCUT2D eigenvalue weighted by atomic mass is 9.99. The summed E-state index contributed by atoms with van der Waals surface area (Å²) in [4.78, 5) is 3.13. The van der Waals surface area contributed by atoms with Crippen LogP contribution in [-0.4, -0.2) is 19.8 Å². The molecule has 1 aliphatic heterocycles. The maximum Gasteiger partial charge on any atom is 0.0669 e. The van der Waals surface area contributed by atoms with Crippen molar-refractivity contribution in [2.24, 2.45) is 0 Å². The Labute approximate surface area is 101 Å². The second kappa shape index (κ2) is 4.86. The molecular weight excluding hydrogens is 218 g/mol. The molecule has 3 heteroatoms. The van der Waals surface area contributed by atoms with Crippen molar-refractivity contribution in [3.05, 3.63) is 21.4 Å². The molecule has 1 saturated heterocycles. The molecule has 1 N–H and O–H groups in total. The van der Waals surface area contributed by atoms with Crippen molar-refractivity contribution < 1.29 is 4.74 Å². The quantitative estimate of drug-likeness (QED) is 0.811. The molecule has 0 amide bonds. The van der Waals surface area contributed by atoms with Gasteiger partial charge >= 0.3 is 0 Å². The summed E-state index contributed by atoms with van der Waals surface area (Å²) in [5, 5.41) is 3.59. The van der Waals surface area contributed by atoms with E-state index in [-0.39, 0.29) is 0 Å². The van der Waals surface area contributed by atoms with Crippen LogP contribution in [0.3, 0.4) is 0 Å². The highest BCUT2D eigenvalue weighted by atomic mass is 32.1. The summed E-state index contributed by atoms with van der Waals surface area (Å²) in [6.45, 7) is 2.85. The van der Waals surface area contributed by atoms with Gasteiger partial charge in [0.2, 0.25) is 0 Å². The maximum absolute atomic E-state index is 5.64. The minimum absolute atomic E-state index is 0.443. The number of thiophene rings is 1. The van der Waals surface area contributed by atoms with Gasteiger partial charge in [0, 0.05) is 16.4 Å². The van der Waals surface area contributed by atoms with E-state index in [9.17, 15) is 0 Å². The minimum atomic E-state index is 0.443.